The van der Waals surface area contributed by atoms with Gasteiger partial charge in [-0.15, -0.1) is 0 Å². The predicted molar refractivity (Wildman–Crippen MR) is 93.5 cm³/mol. The van der Waals surface area contributed by atoms with Crippen molar-refractivity contribution in [2.24, 2.45) is 5.73 Å². The maximum atomic E-state index is 11.9. The van der Waals surface area contributed by atoms with Gasteiger partial charge in [-0.2, -0.15) is 11.8 Å². The van der Waals surface area contributed by atoms with E-state index in [1.165, 1.54) is 4.90 Å². The smallest absolute Gasteiger partial charge is 0.259 e. The molecule has 1 aromatic carbocycles. The van der Waals surface area contributed by atoms with Gasteiger partial charge in [0, 0.05) is 20.6 Å². The molecule has 0 unspecified atom stereocenters. The van der Waals surface area contributed by atoms with E-state index in [2.05, 4.69) is 5.32 Å². The van der Waals surface area contributed by atoms with Crippen molar-refractivity contribution in [3.05, 3.63) is 29.8 Å². The first-order valence-electron chi connectivity index (χ1n) is 7.38. The van der Waals surface area contributed by atoms with Crippen molar-refractivity contribution in [2.45, 2.75) is 19.0 Å². The van der Waals surface area contributed by atoms with E-state index in [-0.39, 0.29) is 18.4 Å². The van der Waals surface area contributed by atoms with Crippen molar-refractivity contribution >= 4 is 23.6 Å². The first-order chi connectivity index (χ1) is 10.9. The van der Waals surface area contributed by atoms with Crippen molar-refractivity contribution in [3.8, 4) is 5.75 Å². The number of carbonyl (C=O) groups excluding carboxylic acids is 2. The van der Waals surface area contributed by atoms with Crippen LogP contribution in [0.15, 0.2) is 24.3 Å². The topological polar surface area (TPSA) is 84.7 Å². The van der Waals surface area contributed by atoms with Crippen LogP contribution in [0, 0.1) is 0 Å². The van der Waals surface area contributed by atoms with Crippen LogP contribution < -0.4 is 15.8 Å². The summed E-state index contributed by atoms with van der Waals surface area (Å²) in [6.07, 6.45) is 2.64. The maximum absolute atomic E-state index is 11.9. The van der Waals surface area contributed by atoms with E-state index in [9.17, 15) is 9.59 Å². The highest BCUT2D eigenvalue weighted by Crippen LogP contribution is 2.13. The number of ether oxygens (including phenoxy) is 1. The van der Waals surface area contributed by atoms with Gasteiger partial charge in [-0.05, 0) is 36.1 Å². The Morgan fingerprint density at radius 2 is 2.13 bits per heavy atom. The molecule has 23 heavy (non-hydrogen) atoms. The minimum absolute atomic E-state index is 0.0115. The van der Waals surface area contributed by atoms with Crippen LogP contribution in [0.4, 0.5) is 0 Å². The zero-order valence-electron chi connectivity index (χ0n) is 13.9. The van der Waals surface area contributed by atoms with E-state index in [0.717, 1.165) is 11.3 Å². The number of carbonyl (C=O) groups is 2. The number of nitrogens with one attached hydrogen (secondary N) is 1. The van der Waals surface area contributed by atoms with Gasteiger partial charge in [-0.1, -0.05) is 12.1 Å². The third-order valence-electron chi connectivity index (χ3n) is 3.20. The van der Waals surface area contributed by atoms with Crippen LogP contribution in [0.1, 0.15) is 12.0 Å². The first kappa shape index (κ1) is 19.3. The van der Waals surface area contributed by atoms with Gasteiger partial charge in [0.05, 0.1) is 6.04 Å². The number of hydrogen-bond donors (Lipinski definition) is 2. The zero-order valence-corrected chi connectivity index (χ0v) is 14.7. The molecular formula is C16H25N3O3S. The molecule has 0 bridgehead atoms. The average molecular weight is 339 g/mol. The van der Waals surface area contributed by atoms with Crippen molar-refractivity contribution < 1.29 is 14.3 Å². The Labute approximate surface area is 141 Å². The number of likely N-dealkylation sites (N-methyl/N-ethyl adjacent to an activating group) is 1. The van der Waals surface area contributed by atoms with E-state index in [4.69, 9.17) is 10.5 Å². The Kier molecular flexibility index (Phi) is 8.50. The molecule has 0 spiro atoms. The summed E-state index contributed by atoms with van der Waals surface area (Å²) in [6, 6.07) is 6.80. The lowest BCUT2D eigenvalue weighted by Gasteiger charge is -2.13. The summed E-state index contributed by atoms with van der Waals surface area (Å²) in [5.41, 5.74) is 6.71. The Morgan fingerprint density at radius 1 is 1.39 bits per heavy atom. The number of thioether (sulfide) groups is 1. The fourth-order valence-corrected chi connectivity index (χ4v) is 2.21. The Hall–Kier alpha value is -1.73. The van der Waals surface area contributed by atoms with Crippen LogP contribution in [-0.2, 0) is 16.1 Å². The summed E-state index contributed by atoms with van der Waals surface area (Å²) in [4.78, 5) is 24.8. The van der Waals surface area contributed by atoms with Crippen molar-refractivity contribution in [2.75, 3.05) is 32.7 Å². The van der Waals surface area contributed by atoms with Gasteiger partial charge in [0.15, 0.2) is 6.61 Å². The lowest BCUT2D eigenvalue weighted by Crippen LogP contribution is -2.40. The minimum atomic E-state index is -0.486. The molecular weight excluding hydrogens is 314 g/mol. The quantitative estimate of drug-likeness (QED) is 0.697. The summed E-state index contributed by atoms with van der Waals surface area (Å²) < 4.78 is 5.45. The van der Waals surface area contributed by atoms with Gasteiger partial charge in [0.1, 0.15) is 5.75 Å². The fourth-order valence-electron chi connectivity index (χ4n) is 1.72. The monoisotopic (exact) mass is 339 g/mol. The molecule has 0 aromatic heterocycles. The highest BCUT2D eigenvalue weighted by Gasteiger charge is 2.12. The maximum Gasteiger partial charge on any atom is 0.259 e. The molecule has 1 rings (SSSR count). The molecule has 0 aliphatic heterocycles. The van der Waals surface area contributed by atoms with Crippen LogP contribution in [0.25, 0.3) is 0 Å². The molecule has 7 heteroatoms. The predicted octanol–water partition coefficient (Wildman–Crippen LogP) is 0.850. The molecule has 0 fully saturated rings. The second-order valence-corrected chi connectivity index (χ2v) is 6.32. The van der Waals surface area contributed by atoms with E-state index in [1.807, 2.05) is 18.4 Å². The molecule has 0 saturated heterocycles. The highest BCUT2D eigenvalue weighted by molar-refractivity contribution is 7.98. The minimum Gasteiger partial charge on any atom is -0.484 e. The lowest BCUT2D eigenvalue weighted by atomic mass is 10.2. The van der Waals surface area contributed by atoms with E-state index in [0.29, 0.717) is 18.7 Å². The van der Waals surface area contributed by atoms with Gasteiger partial charge >= 0.3 is 0 Å². The Balaban J connectivity index is 2.47. The second-order valence-electron chi connectivity index (χ2n) is 5.33. The van der Waals surface area contributed by atoms with Gasteiger partial charge in [0.2, 0.25) is 5.91 Å². The first-order valence-corrected chi connectivity index (χ1v) is 8.77. The molecule has 0 aliphatic rings. The van der Waals surface area contributed by atoms with Crippen molar-refractivity contribution in [1.29, 1.82) is 0 Å². The number of hydrogen-bond acceptors (Lipinski definition) is 5. The summed E-state index contributed by atoms with van der Waals surface area (Å²) in [5, 5.41) is 2.81. The molecule has 0 aliphatic carbocycles. The van der Waals surface area contributed by atoms with Crippen LogP contribution >= 0.6 is 11.8 Å². The third kappa shape index (κ3) is 7.38. The van der Waals surface area contributed by atoms with Gasteiger partial charge < -0.3 is 20.7 Å². The van der Waals surface area contributed by atoms with Crippen LogP contribution in [-0.4, -0.2) is 55.5 Å². The molecule has 0 heterocycles. The number of nitrogens with zero attached hydrogens (tertiary/aromatic N) is 1. The molecule has 128 valence electrons. The van der Waals surface area contributed by atoms with Crippen LogP contribution in [0.5, 0.6) is 5.75 Å². The molecule has 0 saturated carbocycles. The SMILES string of the molecule is CSCC[C@H](N)C(=O)NCc1cccc(OCC(=O)N(C)C)c1. The fraction of sp³-hybridized carbons (Fsp3) is 0.500. The number of benzene rings is 1. The normalized spacial score (nSPS) is 11.7. The van der Waals surface area contributed by atoms with Gasteiger partial charge in [-0.25, -0.2) is 0 Å². The third-order valence-corrected chi connectivity index (χ3v) is 3.84. The molecule has 0 radical (unpaired) electrons. The van der Waals surface area contributed by atoms with E-state index >= 15 is 0 Å². The summed E-state index contributed by atoms with van der Waals surface area (Å²) >= 11 is 1.67. The number of rotatable bonds is 9. The second kappa shape index (κ2) is 10.1. The number of nitrogens with two attached hydrogens (primary N) is 1. The highest BCUT2D eigenvalue weighted by atomic mass is 32.2. The summed E-state index contributed by atoms with van der Waals surface area (Å²) in [5.74, 6) is 1.19. The Bertz CT molecular complexity index is 523. The summed E-state index contributed by atoms with van der Waals surface area (Å²) in [6.45, 7) is 0.368. The van der Waals surface area contributed by atoms with Crippen LogP contribution in [0.2, 0.25) is 0 Å². The van der Waals surface area contributed by atoms with Gasteiger partial charge in [-0.3, -0.25) is 9.59 Å². The van der Waals surface area contributed by atoms with E-state index in [1.54, 1.807) is 38.0 Å². The molecule has 1 atom stereocenters. The molecule has 2 amide bonds. The van der Waals surface area contributed by atoms with Crippen molar-refractivity contribution in [1.82, 2.24) is 10.2 Å². The molecule has 1 aromatic rings. The zero-order chi connectivity index (χ0) is 17.2. The van der Waals surface area contributed by atoms with E-state index < -0.39 is 6.04 Å². The Morgan fingerprint density at radius 3 is 2.78 bits per heavy atom. The van der Waals surface area contributed by atoms with Gasteiger partial charge in [0.25, 0.3) is 5.91 Å². The standard InChI is InChI=1S/C16H25N3O3S/c1-19(2)15(20)11-22-13-6-4-5-12(9-13)10-18-16(21)14(17)7-8-23-3/h4-6,9,14H,7-8,10-11,17H2,1-3H3,(H,18,21)/t14-/m0/s1. The van der Waals surface area contributed by atoms with Crippen LogP contribution in [0.3, 0.4) is 0 Å². The summed E-state index contributed by atoms with van der Waals surface area (Å²) in [7, 11) is 3.36. The molecule has 3 N–H and O–H groups in total. The lowest BCUT2D eigenvalue weighted by molar-refractivity contribution is -0.130. The average Bonchev–Trinajstić information content (AvgIpc) is 2.55. The number of amides is 2. The molecule has 6 nitrogen and oxygen atoms in total. The van der Waals surface area contributed by atoms with Crippen molar-refractivity contribution in [3.63, 3.8) is 0 Å². The largest absolute Gasteiger partial charge is 0.484 e.